The highest BCUT2D eigenvalue weighted by atomic mass is 16.7. The fourth-order valence-corrected chi connectivity index (χ4v) is 4.19. The number of rotatable bonds is 4. The van der Waals surface area contributed by atoms with E-state index in [1.807, 2.05) is 26.8 Å². The Hall–Kier alpha value is -2.02. The van der Waals surface area contributed by atoms with Crippen LogP contribution in [-0.2, 0) is 16.0 Å². The van der Waals surface area contributed by atoms with E-state index in [-0.39, 0.29) is 18.2 Å². The lowest BCUT2D eigenvalue weighted by molar-refractivity contribution is -0.152. The van der Waals surface area contributed by atoms with Gasteiger partial charge in [0, 0.05) is 6.92 Å². The summed E-state index contributed by atoms with van der Waals surface area (Å²) in [5.41, 5.74) is 2.90. The molecule has 2 aliphatic carbocycles. The fraction of sp³-hybridized carbons (Fsp3) is 0.652. The second kappa shape index (κ2) is 9.78. The molecule has 27 heavy (non-hydrogen) atoms. The van der Waals surface area contributed by atoms with Gasteiger partial charge in [-0.1, -0.05) is 39.7 Å². The first-order chi connectivity index (χ1) is 12.8. The maximum Gasteiger partial charge on any atom is 0.309 e. The van der Waals surface area contributed by atoms with E-state index < -0.39 is 0 Å². The molecule has 0 saturated heterocycles. The van der Waals surface area contributed by atoms with Crippen LogP contribution in [0, 0.1) is 22.7 Å². The number of esters is 1. The topological polar surface area (TPSA) is 59.3 Å². The van der Waals surface area contributed by atoms with Crippen LogP contribution in [0.1, 0.15) is 83.3 Å². The largest absolute Gasteiger partial charge is 0.457 e. The Bertz CT molecular complexity index is 669. The number of ether oxygens (including phenoxy) is 2. The molecule has 0 N–H and O–H groups in total. The third-order valence-electron chi connectivity index (χ3n) is 5.33. The number of fused-ring (bicyclic) bond motifs is 3. The maximum atomic E-state index is 11.8. The van der Waals surface area contributed by atoms with Gasteiger partial charge in [-0.15, -0.1) is 0 Å². The summed E-state index contributed by atoms with van der Waals surface area (Å²) >= 11 is 0. The van der Waals surface area contributed by atoms with Gasteiger partial charge in [0.2, 0.25) is 6.79 Å². The van der Waals surface area contributed by atoms with Crippen molar-refractivity contribution in [3.63, 3.8) is 0 Å². The SMILES string of the molecule is CC#N.CC(C)(C)CC(=O)OCOc1ccc2c(c1)C1CCCCC1CC2. The summed E-state index contributed by atoms with van der Waals surface area (Å²) in [5.74, 6) is 2.18. The number of nitrogens with zero attached hydrogens (tertiary/aromatic N) is 1. The average Bonchev–Trinajstić information content (AvgIpc) is 2.61. The van der Waals surface area contributed by atoms with Crippen molar-refractivity contribution in [2.45, 2.75) is 78.6 Å². The molecule has 3 rings (SSSR count). The standard InChI is InChI=1S/C21H30O3.C2H3N/c1-21(2,3)13-20(22)24-14-23-17-11-10-16-9-8-15-6-4-5-7-18(15)19(16)12-17;1-2-3/h10-12,15,18H,4-9,13-14H2,1-3H3;1H3. The van der Waals surface area contributed by atoms with Crippen LogP contribution in [0.5, 0.6) is 5.75 Å². The van der Waals surface area contributed by atoms with E-state index in [9.17, 15) is 4.79 Å². The van der Waals surface area contributed by atoms with Crippen molar-refractivity contribution in [2.75, 3.05) is 6.79 Å². The highest BCUT2D eigenvalue weighted by molar-refractivity contribution is 5.70. The van der Waals surface area contributed by atoms with Crippen LogP contribution in [0.2, 0.25) is 0 Å². The van der Waals surface area contributed by atoms with Gasteiger partial charge in [0.1, 0.15) is 5.75 Å². The van der Waals surface area contributed by atoms with Crippen LogP contribution < -0.4 is 4.74 Å². The monoisotopic (exact) mass is 371 g/mol. The summed E-state index contributed by atoms with van der Waals surface area (Å²) in [7, 11) is 0. The van der Waals surface area contributed by atoms with E-state index in [4.69, 9.17) is 14.7 Å². The molecule has 0 aliphatic heterocycles. The van der Waals surface area contributed by atoms with E-state index in [0.29, 0.717) is 12.3 Å². The number of hydrogen-bond acceptors (Lipinski definition) is 4. The zero-order chi connectivity index (χ0) is 19.9. The molecular formula is C23H33NO3. The lowest BCUT2D eigenvalue weighted by Gasteiger charge is -2.37. The summed E-state index contributed by atoms with van der Waals surface area (Å²) in [4.78, 5) is 11.8. The van der Waals surface area contributed by atoms with E-state index in [1.165, 1.54) is 56.6 Å². The number of carbonyl (C=O) groups excluding carboxylic acids is 1. The Kier molecular flexibility index (Phi) is 7.71. The fourth-order valence-electron chi connectivity index (χ4n) is 4.19. The van der Waals surface area contributed by atoms with Gasteiger partial charge in [-0.05, 0) is 66.2 Å². The molecule has 2 unspecified atom stereocenters. The van der Waals surface area contributed by atoms with Gasteiger partial charge in [-0.3, -0.25) is 4.79 Å². The minimum atomic E-state index is -0.201. The molecule has 0 spiro atoms. The molecule has 0 heterocycles. The quantitative estimate of drug-likeness (QED) is 0.499. The summed E-state index contributed by atoms with van der Waals surface area (Å²) in [5, 5.41) is 7.32. The van der Waals surface area contributed by atoms with Crippen LogP contribution in [-0.4, -0.2) is 12.8 Å². The Morgan fingerprint density at radius 3 is 2.63 bits per heavy atom. The van der Waals surface area contributed by atoms with Crippen molar-refractivity contribution < 1.29 is 14.3 Å². The van der Waals surface area contributed by atoms with E-state index >= 15 is 0 Å². The van der Waals surface area contributed by atoms with Crippen molar-refractivity contribution in [2.24, 2.45) is 11.3 Å². The molecule has 4 heteroatoms. The Morgan fingerprint density at radius 1 is 1.22 bits per heavy atom. The summed E-state index contributed by atoms with van der Waals surface area (Å²) in [6.45, 7) is 7.51. The van der Waals surface area contributed by atoms with Gasteiger partial charge in [-0.25, -0.2) is 0 Å². The normalized spacial score (nSPS) is 20.9. The summed E-state index contributed by atoms with van der Waals surface area (Å²) in [6, 6.07) is 8.15. The molecule has 0 radical (unpaired) electrons. The second-order valence-corrected chi connectivity index (χ2v) is 8.79. The molecule has 2 atom stereocenters. The predicted octanol–water partition coefficient (Wildman–Crippen LogP) is 5.75. The Balaban J connectivity index is 0.000000817. The van der Waals surface area contributed by atoms with Crippen LogP contribution in [0.25, 0.3) is 0 Å². The number of aryl methyl sites for hydroxylation is 1. The molecule has 2 aliphatic rings. The number of benzene rings is 1. The first kappa shape index (κ1) is 21.3. The molecule has 1 fully saturated rings. The molecule has 148 valence electrons. The maximum absolute atomic E-state index is 11.8. The Morgan fingerprint density at radius 2 is 1.93 bits per heavy atom. The van der Waals surface area contributed by atoms with Crippen molar-refractivity contribution in [3.8, 4) is 11.8 Å². The van der Waals surface area contributed by atoms with Crippen LogP contribution >= 0.6 is 0 Å². The molecule has 0 aromatic heterocycles. The van der Waals surface area contributed by atoms with Crippen LogP contribution in [0.15, 0.2) is 18.2 Å². The van der Waals surface area contributed by atoms with Crippen LogP contribution in [0.4, 0.5) is 0 Å². The van der Waals surface area contributed by atoms with E-state index in [2.05, 4.69) is 12.1 Å². The molecule has 4 nitrogen and oxygen atoms in total. The zero-order valence-corrected chi connectivity index (χ0v) is 17.2. The number of carbonyl (C=O) groups is 1. The van der Waals surface area contributed by atoms with Crippen LogP contribution in [0.3, 0.4) is 0 Å². The van der Waals surface area contributed by atoms with E-state index in [1.54, 1.807) is 6.07 Å². The number of nitriles is 1. The van der Waals surface area contributed by atoms with E-state index in [0.717, 1.165) is 11.7 Å². The van der Waals surface area contributed by atoms with Gasteiger partial charge in [0.25, 0.3) is 0 Å². The average molecular weight is 372 g/mol. The molecule has 1 saturated carbocycles. The third-order valence-corrected chi connectivity index (χ3v) is 5.33. The van der Waals surface area contributed by atoms with Crippen molar-refractivity contribution >= 4 is 5.97 Å². The minimum Gasteiger partial charge on any atom is -0.457 e. The smallest absolute Gasteiger partial charge is 0.309 e. The van der Waals surface area contributed by atoms with Gasteiger partial charge in [0.05, 0.1) is 12.5 Å². The highest BCUT2D eigenvalue weighted by Gasteiger charge is 2.31. The van der Waals surface area contributed by atoms with Gasteiger partial charge < -0.3 is 9.47 Å². The molecule has 0 amide bonds. The molecule has 0 bridgehead atoms. The first-order valence-corrected chi connectivity index (χ1v) is 10.1. The van der Waals surface area contributed by atoms with Crippen molar-refractivity contribution in [3.05, 3.63) is 29.3 Å². The van der Waals surface area contributed by atoms with Crippen molar-refractivity contribution in [1.82, 2.24) is 0 Å². The molecule has 1 aromatic carbocycles. The highest BCUT2D eigenvalue weighted by Crippen LogP contribution is 2.45. The molecule has 1 aromatic rings. The van der Waals surface area contributed by atoms with Gasteiger partial charge in [0.15, 0.2) is 0 Å². The minimum absolute atomic E-state index is 0.00178. The predicted molar refractivity (Wildman–Crippen MR) is 106 cm³/mol. The second-order valence-electron chi connectivity index (χ2n) is 8.79. The Labute approximate surface area is 163 Å². The summed E-state index contributed by atoms with van der Waals surface area (Å²) < 4.78 is 10.9. The summed E-state index contributed by atoms with van der Waals surface area (Å²) in [6.07, 6.45) is 8.35. The molecular weight excluding hydrogens is 338 g/mol. The first-order valence-electron chi connectivity index (χ1n) is 10.1. The number of hydrogen-bond donors (Lipinski definition) is 0. The lowest BCUT2D eigenvalue weighted by Crippen LogP contribution is -2.24. The van der Waals surface area contributed by atoms with Gasteiger partial charge in [-0.2, -0.15) is 5.26 Å². The zero-order valence-electron chi connectivity index (χ0n) is 17.2. The van der Waals surface area contributed by atoms with Gasteiger partial charge >= 0.3 is 5.97 Å². The third kappa shape index (κ3) is 6.57. The lowest BCUT2D eigenvalue weighted by atomic mass is 9.68. The van der Waals surface area contributed by atoms with Crippen molar-refractivity contribution in [1.29, 1.82) is 5.26 Å².